The normalized spacial score (nSPS) is 12.7. The van der Waals surface area contributed by atoms with Gasteiger partial charge in [-0.05, 0) is 36.1 Å². The van der Waals surface area contributed by atoms with Gasteiger partial charge in [0.05, 0.1) is 17.7 Å². The number of fused-ring (bicyclic) bond motifs is 1. The molecular weight excluding hydrogens is 279 g/mol. The second-order valence-electron chi connectivity index (χ2n) is 6.20. The average Bonchev–Trinajstić information content (AvgIpc) is 2.36. The molecule has 5 heteroatoms. The molecule has 0 radical (unpaired) electrons. The second kappa shape index (κ2) is 5.54. The maximum absolute atomic E-state index is 12.8. The fraction of sp³-hybridized carbons (Fsp3) is 0.438. The Kier molecular flexibility index (Phi) is 4.12. The van der Waals surface area contributed by atoms with Gasteiger partial charge in [-0.2, -0.15) is 13.2 Å². The molecule has 0 spiro atoms. The third-order valence-corrected chi connectivity index (χ3v) is 3.14. The van der Waals surface area contributed by atoms with Crippen molar-refractivity contribution in [2.45, 2.75) is 33.4 Å². The number of pyridine rings is 1. The van der Waals surface area contributed by atoms with Gasteiger partial charge in [0.1, 0.15) is 5.75 Å². The first-order valence-corrected chi connectivity index (χ1v) is 6.76. The van der Waals surface area contributed by atoms with Gasteiger partial charge in [0.2, 0.25) is 0 Å². The van der Waals surface area contributed by atoms with Crippen LogP contribution in [0.1, 0.15) is 32.8 Å². The second-order valence-corrected chi connectivity index (χ2v) is 6.20. The number of alkyl halides is 3. The minimum Gasteiger partial charge on any atom is -0.493 e. The van der Waals surface area contributed by atoms with Crippen LogP contribution in [-0.4, -0.2) is 11.6 Å². The van der Waals surface area contributed by atoms with E-state index in [0.717, 1.165) is 18.6 Å². The SMILES string of the molecule is CC(C)(C)CCOc1ccnc2ccc(C(F)(F)F)cc12. The predicted octanol–water partition coefficient (Wildman–Crippen LogP) is 5.07. The fourth-order valence-electron chi connectivity index (χ4n) is 1.89. The van der Waals surface area contributed by atoms with Crippen molar-refractivity contribution in [1.29, 1.82) is 0 Å². The van der Waals surface area contributed by atoms with Crippen LogP contribution in [0.4, 0.5) is 13.2 Å². The molecule has 0 aliphatic heterocycles. The zero-order valence-corrected chi connectivity index (χ0v) is 12.3. The maximum Gasteiger partial charge on any atom is 0.416 e. The van der Waals surface area contributed by atoms with Crippen LogP contribution in [-0.2, 0) is 6.18 Å². The number of ether oxygens (including phenoxy) is 1. The smallest absolute Gasteiger partial charge is 0.416 e. The Bertz CT molecular complexity index is 629. The zero-order chi connectivity index (χ0) is 15.7. The average molecular weight is 297 g/mol. The number of nitrogens with zero attached hydrogens (tertiary/aromatic N) is 1. The Morgan fingerprint density at radius 3 is 2.43 bits per heavy atom. The molecule has 21 heavy (non-hydrogen) atoms. The molecule has 1 aromatic carbocycles. The quantitative estimate of drug-likeness (QED) is 0.789. The first kappa shape index (κ1) is 15.6. The van der Waals surface area contributed by atoms with E-state index in [-0.39, 0.29) is 5.41 Å². The highest BCUT2D eigenvalue weighted by Crippen LogP contribution is 2.34. The monoisotopic (exact) mass is 297 g/mol. The van der Waals surface area contributed by atoms with Gasteiger partial charge in [0, 0.05) is 11.6 Å². The predicted molar refractivity (Wildman–Crippen MR) is 76.3 cm³/mol. The lowest BCUT2D eigenvalue weighted by Crippen LogP contribution is -2.11. The van der Waals surface area contributed by atoms with E-state index in [0.29, 0.717) is 23.3 Å². The lowest BCUT2D eigenvalue weighted by atomic mass is 9.93. The van der Waals surface area contributed by atoms with Crippen LogP contribution >= 0.6 is 0 Å². The summed E-state index contributed by atoms with van der Waals surface area (Å²) in [4.78, 5) is 4.07. The molecule has 0 aliphatic carbocycles. The molecule has 0 bridgehead atoms. The van der Waals surface area contributed by atoms with E-state index in [2.05, 4.69) is 25.8 Å². The number of hydrogen-bond donors (Lipinski definition) is 0. The molecule has 2 aromatic rings. The molecule has 0 saturated carbocycles. The van der Waals surface area contributed by atoms with E-state index >= 15 is 0 Å². The highest BCUT2D eigenvalue weighted by molar-refractivity contribution is 5.85. The van der Waals surface area contributed by atoms with Gasteiger partial charge in [-0.25, -0.2) is 0 Å². The lowest BCUT2D eigenvalue weighted by Gasteiger charge is -2.18. The highest BCUT2D eigenvalue weighted by Gasteiger charge is 2.30. The molecule has 0 aliphatic rings. The van der Waals surface area contributed by atoms with E-state index < -0.39 is 11.7 Å². The number of hydrogen-bond acceptors (Lipinski definition) is 2. The van der Waals surface area contributed by atoms with Crippen LogP contribution in [0.2, 0.25) is 0 Å². The Balaban J connectivity index is 2.30. The summed E-state index contributed by atoms with van der Waals surface area (Å²) in [5.41, 5.74) is -0.0834. The summed E-state index contributed by atoms with van der Waals surface area (Å²) in [5.74, 6) is 0.440. The van der Waals surface area contributed by atoms with Crippen molar-refractivity contribution in [3.8, 4) is 5.75 Å². The van der Waals surface area contributed by atoms with Crippen LogP contribution in [0, 0.1) is 5.41 Å². The molecule has 1 aromatic heterocycles. The third-order valence-electron chi connectivity index (χ3n) is 3.14. The van der Waals surface area contributed by atoms with Crippen LogP contribution in [0.3, 0.4) is 0 Å². The van der Waals surface area contributed by atoms with Crippen molar-refractivity contribution in [1.82, 2.24) is 4.98 Å². The van der Waals surface area contributed by atoms with Crippen molar-refractivity contribution in [3.63, 3.8) is 0 Å². The van der Waals surface area contributed by atoms with Gasteiger partial charge in [-0.15, -0.1) is 0 Å². The summed E-state index contributed by atoms with van der Waals surface area (Å²) >= 11 is 0. The molecule has 114 valence electrons. The summed E-state index contributed by atoms with van der Waals surface area (Å²) in [5, 5.41) is 0.390. The van der Waals surface area contributed by atoms with Gasteiger partial charge in [0.25, 0.3) is 0 Å². The first-order valence-electron chi connectivity index (χ1n) is 6.76. The molecule has 2 rings (SSSR count). The number of rotatable bonds is 3. The molecule has 0 atom stereocenters. The van der Waals surface area contributed by atoms with Gasteiger partial charge in [-0.1, -0.05) is 20.8 Å². The number of aromatic nitrogens is 1. The van der Waals surface area contributed by atoms with E-state index in [4.69, 9.17) is 4.74 Å². The van der Waals surface area contributed by atoms with Gasteiger partial charge >= 0.3 is 6.18 Å². The molecule has 0 unspecified atom stereocenters. The number of halogens is 3. The maximum atomic E-state index is 12.8. The first-order chi connectivity index (χ1) is 9.67. The van der Waals surface area contributed by atoms with E-state index in [9.17, 15) is 13.2 Å². The molecule has 0 amide bonds. The van der Waals surface area contributed by atoms with E-state index in [1.807, 2.05) is 0 Å². The standard InChI is InChI=1S/C16H18F3NO/c1-15(2,3)7-9-21-14-6-8-20-13-5-4-11(10-12(13)14)16(17,18)19/h4-6,8,10H,7,9H2,1-3H3. The lowest BCUT2D eigenvalue weighted by molar-refractivity contribution is -0.137. The van der Waals surface area contributed by atoms with Crippen LogP contribution < -0.4 is 4.74 Å². The summed E-state index contributed by atoms with van der Waals surface area (Å²) in [7, 11) is 0. The molecular formula is C16H18F3NO. The molecule has 0 fully saturated rings. The summed E-state index contributed by atoms with van der Waals surface area (Å²) in [6.45, 7) is 6.72. The topological polar surface area (TPSA) is 22.1 Å². The molecule has 0 N–H and O–H groups in total. The summed E-state index contributed by atoms with van der Waals surface area (Å²) in [6.07, 6.45) is -2.01. The summed E-state index contributed by atoms with van der Waals surface area (Å²) < 4.78 is 44.0. The zero-order valence-electron chi connectivity index (χ0n) is 12.3. The van der Waals surface area contributed by atoms with Crippen molar-refractivity contribution in [2.24, 2.45) is 5.41 Å². The third kappa shape index (κ3) is 4.09. The Morgan fingerprint density at radius 1 is 1.10 bits per heavy atom. The van der Waals surface area contributed by atoms with Crippen molar-refractivity contribution in [2.75, 3.05) is 6.61 Å². The van der Waals surface area contributed by atoms with E-state index in [1.54, 1.807) is 12.3 Å². The van der Waals surface area contributed by atoms with Crippen molar-refractivity contribution >= 4 is 10.9 Å². The van der Waals surface area contributed by atoms with Crippen LogP contribution in [0.15, 0.2) is 30.5 Å². The Hall–Kier alpha value is -1.78. The minimum atomic E-state index is -4.37. The Labute approximate surface area is 121 Å². The minimum absolute atomic E-state index is 0.111. The van der Waals surface area contributed by atoms with Crippen LogP contribution in [0.5, 0.6) is 5.75 Å². The van der Waals surface area contributed by atoms with Crippen molar-refractivity contribution in [3.05, 3.63) is 36.0 Å². The molecule has 2 nitrogen and oxygen atoms in total. The van der Waals surface area contributed by atoms with Crippen LogP contribution in [0.25, 0.3) is 10.9 Å². The van der Waals surface area contributed by atoms with Crippen molar-refractivity contribution < 1.29 is 17.9 Å². The summed E-state index contributed by atoms with van der Waals surface area (Å²) in [6, 6.07) is 5.10. The fourth-order valence-corrected chi connectivity index (χ4v) is 1.89. The number of benzene rings is 1. The largest absolute Gasteiger partial charge is 0.493 e. The molecule has 0 saturated heterocycles. The van der Waals surface area contributed by atoms with Gasteiger partial charge < -0.3 is 4.74 Å². The van der Waals surface area contributed by atoms with E-state index in [1.165, 1.54) is 6.07 Å². The van der Waals surface area contributed by atoms with Gasteiger partial charge in [-0.3, -0.25) is 4.98 Å². The Morgan fingerprint density at radius 2 is 1.81 bits per heavy atom. The highest BCUT2D eigenvalue weighted by atomic mass is 19.4. The molecule has 1 heterocycles. The van der Waals surface area contributed by atoms with Gasteiger partial charge in [0.15, 0.2) is 0 Å².